The smallest absolute Gasteiger partial charge is 0.372 e. The van der Waals surface area contributed by atoms with Gasteiger partial charge in [-0.2, -0.15) is 0 Å². The van der Waals surface area contributed by atoms with Crippen LogP contribution in [0, 0.1) is 6.92 Å². The molecule has 1 N–H and O–H groups in total. The molecule has 4 nitrogen and oxygen atoms in total. The fourth-order valence-electron chi connectivity index (χ4n) is 1.36. The van der Waals surface area contributed by atoms with Crippen LogP contribution in [0.1, 0.15) is 16.3 Å². The third kappa shape index (κ3) is 1.07. The van der Waals surface area contributed by atoms with E-state index in [4.69, 9.17) is 5.11 Å². The lowest BCUT2D eigenvalue weighted by atomic mass is 10.3. The van der Waals surface area contributed by atoms with Crippen LogP contribution < -0.4 is 0 Å². The van der Waals surface area contributed by atoms with E-state index >= 15 is 0 Å². The number of carboxylic acids is 1. The van der Waals surface area contributed by atoms with Crippen molar-refractivity contribution in [1.29, 1.82) is 0 Å². The summed E-state index contributed by atoms with van der Waals surface area (Å²) < 4.78 is 1.61. The molecule has 2 aromatic heterocycles. The van der Waals surface area contributed by atoms with Crippen LogP contribution in [-0.4, -0.2) is 20.5 Å². The Kier molecular flexibility index (Phi) is 1.55. The number of aromatic nitrogens is 2. The number of nitrogens with zero attached hydrogens (tertiary/aromatic N) is 2. The van der Waals surface area contributed by atoms with Crippen LogP contribution in [0.4, 0.5) is 0 Å². The van der Waals surface area contributed by atoms with Crippen molar-refractivity contribution in [2.45, 2.75) is 6.92 Å². The van der Waals surface area contributed by atoms with Crippen LogP contribution in [0.5, 0.6) is 0 Å². The molecule has 2 heterocycles. The van der Waals surface area contributed by atoms with Gasteiger partial charge >= 0.3 is 5.97 Å². The van der Waals surface area contributed by atoms with Crippen molar-refractivity contribution in [3.63, 3.8) is 0 Å². The second kappa shape index (κ2) is 2.58. The van der Waals surface area contributed by atoms with Gasteiger partial charge in [-0.05, 0) is 19.1 Å². The third-order valence-corrected chi connectivity index (χ3v) is 1.94. The first-order valence-electron chi connectivity index (χ1n) is 3.86. The number of hydrogen-bond donors (Lipinski definition) is 1. The predicted octanol–water partition coefficient (Wildman–Crippen LogP) is 1.34. The van der Waals surface area contributed by atoms with Crippen LogP contribution in [0.2, 0.25) is 0 Å². The molecule has 4 heteroatoms. The summed E-state index contributed by atoms with van der Waals surface area (Å²) in [5, 5.41) is 8.81. The summed E-state index contributed by atoms with van der Waals surface area (Å²) in [4.78, 5) is 14.6. The summed E-state index contributed by atoms with van der Waals surface area (Å²) in [6, 6.07) is 5.55. The number of aromatic carboxylic acids is 1. The molecule has 0 spiro atoms. The molecule has 0 aliphatic rings. The van der Waals surface area contributed by atoms with Gasteiger partial charge in [-0.3, -0.25) is 4.40 Å². The highest BCUT2D eigenvalue weighted by atomic mass is 16.4. The molecule has 0 bridgehead atoms. The van der Waals surface area contributed by atoms with E-state index in [0.29, 0.717) is 0 Å². The zero-order chi connectivity index (χ0) is 9.42. The summed E-state index contributed by atoms with van der Waals surface area (Å²) in [5.41, 5.74) is 1.67. The van der Waals surface area contributed by atoms with E-state index in [2.05, 4.69) is 4.98 Å². The molecule has 0 saturated heterocycles. The molecule has 2 rings (SSSR count). The maximum Gasteiger partial charge on any atom is 0.372 e. The van der Waals surface area contributed by atoms with Crippen LogP contribution in [-0.2, 0) is 0 Å². The molecule has 0 aromatic carbocycles. The zero-order valence-electron chi connectivity index (χ0n) is 7.06. The highest BCUT2D eigenvalue weighted by Gasteiger charge is 2.11. The van der Waals surface area contributed by atoms with E-state index in [1.54, 1.807) is 10.6 Å². The lowest BCUT2D eigenvalue weighted by Crippen LogP contribution is -2.05. The molecular formula is C9H8N2O2. The first-order chi connectivity index (χ1) is 6.20. The fourth-order valence-corrected chi connectivity index (χ4v) is 1.36. The van der Waals surface area contributed by atoms with Gasteiger partial charge in [0.05, 0.1) is 11.7 Å². The van der Waals surface area contributed by atoms with E-state index in [1.165, 1.54) is 0 Å². The molecule has 0 aliphatic heterocycles. The minimum atomic E-state index is -1.01. The Morgan fingerprint density at radius 1 is 1.54 bits per heavy atom. The normalized spacial score (nSPS) is 10.5. The number of imidazole rings is 1. The number of carbonyl (C=O) groups is 1. The van der Waals surface area contributed by atoms with Crippen molar-refractivity contribution in [2.24, 2.45) is 0 Å². The molecule has 0 aliphatic carbocycles. The highest BCUT2D eigenvalue weighted by Crippen LogP contribution is 2.09. The number of rotatable bonds is 1. The first-order valence-corrected chi connectivity index (χ1v) is 3.86. The first kappa shape index (κ1) is 7.79. The monoisotopic (exact) mass is 176 g/mol. The Balaban J connectivity index is 2.86. The Labute approximate surface area is 74.5 Å². The second-order valence-corrected chi connectivity index (χ2v) is 2.81. The van der Waals surface area contributed by atoms with Gasteiger partial charge in [0, 0.05) is 5.69 Å². The quantitative estimate of drug-likeness (QED) is 0.713. The van der Waals surface area contributed by atoms with Gasteiger partial charge in [-0.1, -0.05) is 6.07 Å². The summed E-state index contributed by atoms with van der Waals surface area (Å²) >= 11 is 0. The molecule has 0 saturated carbocycles. The summed E-state index contributed by atoms with van der Waals surface area (Å²) in [7, 11) is 0. The largest absolute Gasteiger partial charge is 0.475 e. The molecule has 0 fully saturated rings. The van der Waals surface area contributed by atoms with Gasteiger partial charge in [0.2, 0.25) is 5.82 Å². The maximum atomic E-state index is 10.7. The third-order valence-electron chi connectivity index (χ3n) is 1.94. The number of hydrogen-bond acceptors (Lipinski definition) is 2. The summed E-state index contributed by atoms with van der Waals surface area (Å²) in [6.07, 6.45) is 1.55. The zero-order valence-corrected chi connectivity index (χ0v) is 7.06. The van der Waals surface area contributed by atoms with Crippen LogP contribution >= 0.6 is 0 Å². The average Bonchev–Trinajstić information content (AvgIpc) is 2.49. The predicted molar refractivity (Wildman–Crippen MR) is 46.9 cm³/mol. The van der Waals surface area contributed by atoms with Gasteiger partial charge in [0.15, 0.2) is 0 Å². The van der Waals surface area contributed by atoms with E-state index in [9.17, 15) is 4.79 Å². The number of aryl methyl sites for hydroxylation is 1. The Bertz CT molecular complexity index is 473. The van der Waals surface area contributed by atoms with E-state index in [0.717, 1.165) is 11.2 Å². The van der Waals surface area contributed by atoms with Crippen LogP contribution in [0.3, 0.4) is 0 Å². The SMILES string of the molecule is Cc1cccc2cnc(C(=O)O)n12. The van der Waals surface area contributed by atoms with Crippen molar-refractivity contribution in [3.8, 4) is 0 Å². The van der Waals surface area contributed by atoms with Crippen molar-refractivity contribution < 1.29 is 9.90 Å². The van der Waals surface area contributed by atoms with Gasteiger partial charge < -0.3 is 5.11 Å². The molecule has 0 atom stereocenters. The number of pyridine rings is 1. The van der Waals surface area contributed by atoms with Gasteiger partial charge in [0.1, 0.15) is 0 Å². The summed E-state index contributed by atoms with van der Waals surface area (Å²) in [5.74, 6) is -0.942. The standard InChI is InChI=1S/C9H8N2O2/c1-6-3-2-4-7-5-10-8(9(12)13)11(6)7/h2-5H,1H3,(H,12,13). The average molecular weight is 176 g/mol. The molecular weight excluding hydrogens is 168 g/mol. The van der Waals surface area contributed by atoms with Crippen molar-refractivity contribution >= 4 is 11.5 Å². The van der Waals surface area contributed by atoms with Gasteiger partial charge in [-0.25, -0.2) is 9.78 Å². The lowest BCUT2D eigenvalue weighted by Gasteiger charge is -2.00. The Morgan fingerprint density at radius 2 is 2.31 bits per heavy atom. The maximum absolute atomic E-state index is 10.7. The van der Waals surface area contributed by atoms with E-state index in [-0.39, 0.29) is 5.82 Å². The molecule has 66 valence electrons. The minimum Gasteiger partial charge on any atom is -0.475 e. The topological polar surface area (TPSA) is 54.6 Å². The van der Waals surface area contributed by atoms with Gasteiger partial charge in [-0.15, -0.1) is 0 Å². The van der Waals surface area contributed by atoms with Crippen LogP contribution in [0.25, 0.3) is 5.52 Å². The Morgan fingerprint density at radius 3 is 3.00 bits per heavy atom. The molecule has 0 unspecified atom stereocenters. The minimum absolute atomic E-state index is 0.0631. The van der Waals surface area contributed by atoms with Gasteiger partial charge in [0.25, 0.3) is 0 Å². The molecule has 0 radical (unpaired) electrons. The fraction of sp³-hybridized carbons (Fsp3) is 0.111. The molecule has 0 amide bonds. The van der Waals surface area contributed by atoms with E-state index < -0.39 is 5.97 Å². The lowest BCUT2D eigenvalue weighted by molar-refractivity contribution is 0.0682. The van der Waals surface area contributed by atoms with Crippen molar-refractivity contribution in [2.75, 3.05) is 0 Å². The number of fused-ring (bicyclic) bond motifs is 1. The second-order valence-electron chi connectivity index (χ2n) is 2.81. The molecule has 2 aromatic rings. The Hall–Kier alpha value is -1.84. The van der Waals surface area contributed by atoms with Crippen molar-refractivity contribution in [3.05, 3.63) is 35.9 Å². The summed E-state index contributed by atoms with van der Waals surface area (Å²) in [6.45, 7) is 1.85. The van der Waals surface area contributed by atoms with E-state index in [1.807, 2.05) is 25.1 Å². The molecule has 13 heavy (non-hydrogen) atoms. The van der Waals surface area contributed by atoms with Crippen LogP contribution in [0.15, 0.2) is 24.4 Å². The van der Waals surface area contributed by atoms with Crippen molar-refractivity contribution in [1.82, 2.24) is 9.38 Å². The highest BCUT2D eigenvalue weighted by molar-refractivity contribution is 5.85. The number of carboxylic acid groups (broad SMARTS) is 1.